The second-order valence-electron chi connectivity index (χ2n) is 9.62. The van der Waals surface area contributed by atoms with Crippen LogP contribution in [0.25, 0.3) is 0 Å². The van der Waals surface area contributed by atoms with Crippen LogP contribution in [0, 0.1) is 0 Å². The van der Waals surface area contributed by atoms with Crippen molar-refractivity contribution in [3.05, 3.63) is 68.0 Å². The molecule has 12 heteroatoms. The molecule has 3 aromatic rings. The summed E-state index contributed by atoms with van der Waals surface area (Å²) in [7, 11) is 3.10. The molecule has 1 heterocycles. The molecule has 1 aliphatic rings. The van der Waals surface area contributed by atoms with Crippen molar-refractivity contribution >= 4 is 40.6 Å². The Morgan fingerprint density at radius 1 is 1.15 bits per heavy atom. The fourth-order valence-electron chi connectivity index (χ4n) is 4.45. The van der Waals surface area contributed by atoms with Gasteiger partial charge in [0.05, 0.1) is 31.7 Å². The van der Waals surface area contributed by atoms with Crippen molar-refractivity contribution in [2.75, 3.05) is 31.5 Å². The molecular weight excluding hydrogens is 540 g/mol. The quantitative estimate of drug-likeness (QED) is 0.230. The standard InChI is InChI=1S/C28H31ClN4O7/c1-6-28(27(36)37,32-22-23(34)24(35)25(22)40-15(2)3)13-16-7-9-17(10-8-16)31-26-18-11-20(38-4)21(39-5)12-19(18)30-14-33(26)29/h7-12,15,30,32H,6,13-14H2,1-5H3,(H,36,37)/t28-/m0/s1. The summed E-state index contributed by atoms with van der Waals surface area (Å²) < 4.78 is 17.7. The van der Waals surface area contributed by atoms with Crippen LogP contribution >= 0.6 is 11.8 Å². The third-order valence-electron chi connectivity index (χ3n) is 6.68. The van der Waals surface area contributed by atoms with Crippen molar-refractivity contribution in [3.8, 4) is 17.2 Å². The van der Waals surface area contributed by atoms with Gasteiger partial charge in [-0.3, -0.25) is 9.59 Å². The van der Waals surface area contributed by atoms with Crippen LogP contribution in [-0.2, 0) is 11.2 Å². The monoisotopic (exact) mass is 570 g/mol. The van der Waals surface area contributed by atoms with Crippen LogP contribution in [0.15, 0.2) is 51.0 Å². The summed E-state index contributed by atoms with van der Waals surface area (Å²) in [6.07, 6.45) is -0.165. The molecule has 0 aliphatic carbocycles. The number of anilines is 2. The maximum Gasteiger partial charge on any atom is 0.329 e. The second-order valence-corrected chi connectivity index (χ2v) is 10.0. The summed E-state index contributed by atoms with van der Waals surface area (Å²) in [5, 5.41) is 16.2. The molecule has 1 aliphatic heterocycles. The van der Waals surface area contributed by atoms with Gasteiger partial charge in [0.25, 0.3) is 10.9 Å². The lowest BCUT2D eigenvalue weighted by molar-refractivity contribution is -0.142. The number of ether oxygens (including phenoxy) is 3. The van der Waals surface area contributed by atoms with Gasteiger partial charge in [0.15, 0.2) is 23.1 Å². The van der Waals surface area contributed by atoms with Crippen LogP contribution in [0.4, 0.5) is 17.1 Å². The number of rotatable bonds is 11. The van der Waals surface area contributed by atoms with Crippen molar-refractivity contribution in [3.63, 3.8) is 0 Å². The molecule has 0 radical (unpaired) electrons. The Bertz CT molecular complexity index is 1510. The highest BCUT2D eigenvalue weighted by molar-refractivity contribution is 6.27. The summed E-state index contributed by atoms with van der Waals surface area (Å²) in [5.74, 6) is 0.304. The zero-order chi connectivity index (χ0) is 29.2. The largest absolute Gasteiger partial charge is 0.493 e. The van der Waals surface area contributed by atoms with E-state index in [0.717, 1.165) is 11.3 Å². The Morgan fingerprint density at radius 2 is 1.80 bits per heavy atom. The lowest BCUT2D eigenvalue weighted by atomic mass is 9.87. The second kappa shape index (κ2) is 11.5. The van der Waals surface area contributed by atoms with Gasteiger partial charge in [0, 0.05) is 29.8 Å². The van der Waals surface area contributed by atoms with Crippen molar-refractivity contribution < 1.29 is 24.1 Å². The number of benzene rings is 2. The van der Waals surface area contributed by atoms with Crippen molar-refractivity contribution in [1.82, 2.24) is 4.42 Å². The Hall–Kier alpha value is -4.25. The smallest absolute Gasteiger partial charge is 0.329 e. The predicted octanol–water partition coefficient (Wildman–Crippen LogP) is 3.89. The molecule has 212 valence electrons. The SMILES string of the molecule is CC[C@@](Cc1ccc(N=C2c3cc(OC)c(OC)cc3NCN2Cl)cc1)(Nc1c(OC(C)C)c(=O)c1=O)C(=O)O. The Morgan fingerprint density at radius 3 is 2.38 bits per heavy atom. The van der Waals surface area contributed by atoms with Gasteiger partial charge >= 0.3 is 5.97 Å². The predicted molar refractivity (Wildman–Crippen MR) is 153 cm³/mol. The topological polar surface area (TPSA) is 139 Å². The Balaban J connectivity index is 1.62. The van der Waals surface area contributed by atoms with E-state index < -0.39 is 22.4 Å². The van der Waals surface area contributed by atoms with Crippen LogP contribution in [0.1, 0.15) is 38.3 Å². The van der Waals surface area contributed by atoms with Crippen molar-refractivity contribution in [1.29, 1.82) is 0 Å². The van der Waals surface area contributed by atoms with Crippen LogP contribution < -0.4 is 35.7 Å². The van der Waals surface area contributed by atoms with Crippen molar-refractivity contribution in [2.24, 2.45) is 4.99 Å². The first kappa shape index (κ1) is 28.8. The molecular formula is C28H31ClN4O7. The number of amidine groups is 1. The number of carbonyl (C=O) groups is 1. The minimum absolute atomic E-state index is 0.0427. The number of methoxy groups -OCH3 is 2. The maximum absolute atomic E-state index is 12.4. The number of carboxylic acid groups (broad SMARTS) is 1. The lowest BCUT2D eigenvalue weighted by Crippen LogP contribution is -2.51. The molecule has 0 bridgehead atoms. The molecule has 1 atom stereocenters. The molecule has 4 rings (SSSR count). The van der Waals surface area contributed by atoms with E-state index in [9.17, 15) is 19.5 Å². The number of carboxylic acids is 1. The van der Waals surface area contributed by atoms with Gasteiger partial charge in [0.2, 0.25) is 0 Å². The van der Waals surface area contributed by atoms with Gasteiger partial charge in [-0.2, -0.15) is 0 Å². The Kier molecular flexibility index (Phi) is 8.24. The molecule has 0 amide bonds. The average molecular weight is 571 g/mol. The third kappa shape index (κ3) is 5.42. The highest BCUT2D eigenvalue weighted by Gasteiger charge is 2.40. The molecule has 3 aromatic carbocycles. The van der Waals surface area contributed by atoms with E-state index in [-0.39, 0.29) is 30.4 Å². The molecule has 40 heavy (non-hydrogen) atoms. The van der Waals surface area contributed by atoms with E-state index in [2.05, 4.69) is 10.6 Å². The number of halogens is 1. The number of aliphatic carboxylic acids is 1. The molecule has 0 unspecified atom stereocenters. The first-order chi connectivity index (χ1) is 19.0. The normalized spacial score (nSPS) is 15.4. The van der Waals surface area contributed by atoms with Gasteiger partial charge in [-0.1, -0.05) is 19.1 Å². The summed E-state index contributed by atoms with van der Waals surface area (Å²) in [5.41, 5.74) is -0.425. The van der Waals surface area contributed by atoms with E-state index in [1.165, 1.54) is 4.42 Å². The van der Waals surface area contributed by atoms with E-state index in [0.29, 0.717) is 35.3 Å². The first-order valence-corrected chi connectivity index (χ1v) is 13.0. The van der Waals surface area contributed by atoms with Gasteiger partial charge in [-0.25, -0.2) is 14.2 Å². The molecule has 0 aromatic heterocycles. The summed E-state index contributed by atoms with van der Waals surface area (Å²) >= 11 is 6.46. The summed E-state index contributed by atoms with van der Waals surface area (Å²) in [4.78, 5) is 41.4. The van der Waals surface area contributed by atoms with Crippen molar-refractivity contribution in [2.45, 2.75) is 45.3 Å². The fraction of sp³-hybridized carbons (Fsp3) is 0.357. The minimum Gasteiger partial charge on any atom is -0.493 e. The first-order valence-electron chi connectivity index (χ1n) is 12.7. The molecule has 0 spiro atoms. The zero-order valence-corrected chi connectivity index (χ0v) is 23.6. The summed E-state index contributed by atoms with van der Waals surface area (Å²) in [6, 6.07) is 10.6. The van der Waals surface area contributed by atoms with Crippen LogP contribution in [-0.4, -0.2) is 53.9 Å². The van der Waals surface area contributed by atoms with Gasteiger partial charge in [-0.05, 0) is 44.0 Å². The van der Waals surface area contributed by atoms with E-state index >= 15 is 0 Å². The van der Waals surface area contributed by atoms with Crippen LogP contribution in [0.3, 0.4) is 0 Å². The van der Waals surface area contributed by atoms with E-state index in [4.69, 9.17) is 31.0 Å². The third-order valence-corrected chi connectivity index (χ3v) is 6.96. The number of nitrogens with zero attached hydrogens (tertiary/aromatic N) is 2. The molecule has 0 fully saturated rings. The number of fused-ring (bicyclic) bond motifs is 1. The highest BCUT2D eigenvalue weighted by Crippen LogP contribution is 2.37. The number of nitrogens with one attached hydrogen (secondary N) is 2. The number of aliphatic imine (C=N–C) groups is 1. The number of hydrogen-bond acceptors (Lipinski definition) is 9. The molecule has 3 N–H and O–H groups in total. The summed E-state index contributed by atoms with van der Waals surface area (Å²) in [6.45, 7) is 5.44. The van der Waals surface area contributed by atoms with Gasteiger partial charge in [-0.15, -0.1) is 0 Å². The molecule has 0 saturated carbocycles. The zero-order valence-electron chi connectivity index (χ0n) is 22.8. The average Bonchev–Trinajstić information content (AvgIpc) is 2.95. The lowest BCUT2D eigenvalue weighted by Gasteiger charge is -2.32. The van der Waals surface area contributed by atoms with Gasteiger partial charge in [0.1, 0.15) is 17.9 Å². The Labute approximate surface area is 236 Å². The maximum atomic E-state index is 12.4. The van der Waals surface area contributed by atoms with Crippen LogP contribution in [0.5, 0.6) is 17.2 Å². The van der Waals surface area contributed by atoms with E-state index in [1.807, 2.05) is 6.07 Å². The highest BCUT2D eigenvalue weighted by atomic mass is 35.5. The molecule has 0 saturated heterocycles. The minimum atomic E-state index is -1.54. The van der Waals surface area contributed by atoms with Crippen LogP contribution in [0.2, 0.25) is 0 Å². The molecule has 11 nitrogen and oxygen atoms in total. The fourth-order valence-corrected chi connectivity index (χ4v) is 4.64. The number of hydrogen-bond donors (Lipinski definition) is 3. The van der Waals surface area contributed by atoms with E-state index in [1.54, 1.807) is 65.3 Å². The van der Waals surface area contributed by atoms with Gasteiger partial charge < -0.3 is 30.0 Å².